The summed E-state index contributed by atoms with van der Waals surface area (Å²) in [6, 6.07) is 23.9. The number of halogens is 3. The first-order chi connectivity index (χ1) is 18.7. The van der Waals surface area contributed by atoms with Crippen molar-refractivity contribution in [1.82, 2.24) is 14.3 Å². The first-order valence-corrected chi connectivity index (χ1v) is 15.2. The first kappa shape index (κ1) is 28.9. The molecule has 0 saturated heterocycles. The Balaban J connectivity index is 1.50. The van der Waals surface area contributed by atoms with Crippen molar-refractivity contribution in [2.75, 3.05) is 12.3 Å². The Morgan fingerprint density at radius 3 is 2.21 bits per heavy atom. The van der Waals surface area contributed by atoms with Crippen LogP contribution in [0.4, 0.5) is 13.2 Å². The van der Waals surface area contributed by atoms with Gasteiger partial charge in [-0.05, 0) is 31.0 Å². The standard InChI is InChI=1S/C29H30F3N3O2S2/c1-2-3-19-35-27(23-14-8-5-9-15-23)26(22-12-6-4-7-13-22)34-28(35)38-20-11-18-33-39(36,37)25-17-10-16-24(21-25)29(30,31)32/h4-10,12-17,21,33H,2-3,11,18-20H2,1H3. The minimum absolute atomic E-state index is 0.0956. The molecule has 0 aliphatic carbocycles. The van der Waals surface area contributed by atoms with E-state index in [0.29, 0.717) is 18.2 Å². The van der Waals surface area contributed by atoms with Crippen LogP contribution in [0.2, 0.25) is 0 Å². The van der Waals surface area contributed by atoms with E-state index in [1.165, 1.54) is 0 Å². The molecule has 39 heavy (non-hydrogen) atoms. The summed E-state index contributed by atoms with van der Waals surface area (Å²) in [7, 11) is -4.06. The van der Waals surface area contributed by atoms with Gasteiger partial charge in [-0.15, -0.1) is 0 Å². The highest BCUT2D eigenvalue weighted by Crippen LogP contribution is 2.36. The van der Waals surface area contributed by atoms with E-state index in [2.05, 4.69) is 28.3 Å². The molecule has 0 saturated carbocycles. The maximum absolute atomic E-state index is 13.0. The van der Waals surface area contributed by atoms with Gasteiger partial charge in [0.25, 0.3) is 0 Å². The normalized spacial score (nSPS) is 12.1. The van der Waals surface area contributed by atoms with Crippen LogP contribution < -0.4 is 4.72 Å². The van der Waals surface area contributed by atoms with Gasteiger partial charge in [0.1, 0.15) is 0 Å². The molecule has 1 N–H and O–H groups in total. The Labute approximate surface area is 231 Å². The van der Waals surface area contributed by atoms with E-state index in [9.17, 15) is 21.6 Å². The van der Waals surface area contributed by atoms with Gasteiger partial charge in [-0.2, -0.15) is 13.2 Å². The second kappa shape index (κ2) is 12.8. The van der Waals surface area contributed by atoms with Crippen LogP contribution in [0.25, 0.3) is 22.5 Å². The van der Waals surface area contributed by atoms with Gasteiger partial charge in [0.05, 0.1) is 21.8 Å². The molecule has 5 nitrogen and oxygen atoms in total. The zero-order valence-corrected chi connectivity index (χ0v) is 23.1. The molecule has 0 radical (unpaired) electrons. The third kappa shape index (κ3) is 7.32. The summed E-state index contributed by atoms with van der Waals surface area (Å²) in [5.41, 5.74) is 3.03. The Bertz CT molecular complexity index is 1470. The molecule has 3 aromatic carbocycles. The van der Waals surface area contributed by atoms with E-state index in [4.69, 9.17) is 4.98 Å². The van der Waals surface area contributed by atoms with Crippen molar-refractivity contribution < 1.29 is 21.6 Å². The lowest BCUT2D eigenvalue weighted by atomic mass is 10.0. The van der Waals surface area contributed by atoms with Crippen LogP contribution in [0.5, 0.6) is 0 Å². The number of rotatable bonds is 12. The van der Waals surface area contributed by atoms with Crippen molar-refractivity contribution in [2.45, 2.75) is 49.0 Å². The molecule has 0 aliphatic heterocycles. The zero-order chi connectivity index (χ0) is 27.9. The van der Waals surface area contributed by atoms with Crippen molar-refractivity contribution in [3.8, 4) is 22.5 Å². The average Bonchev–Trinajstić information content (AvgIpc) is 3.30. The van der Waals surface area contributed by atoms with E-state index in [0.717, 1.165) is 65.3 Å². The van der Waals surface area contributed by atoms with Crippen molar-refractivity contribution in [3.63, 3.8) is 0 Å². The van der Waals surface area contributed by atoms with E-state index < -0.39 is 26.7 Å². The van der Waals surface area contributed by atoms with Crippen LogP contribution in [0.1, 0.15) is 31.7 Å². The third-order valence-electron chi connectivity index (χ3n) is 6.08. The molecule has 0 atom stereocenters. The van der Waals surface area contributed by atoms with Gasteiger partial charge in [-0.25, -0.2) is 18.1 Å². The maximum atomic E-state index is 13.0. The van der Waals surface area contributed by atoms with Crippen molar-refractivity contribution >= 4 is 21.8 Å². The van der Waals surface area contributed by atoms with Crippen molar-refractivity contribution in [1.29, 1.82) is 0 Å². The van der Waals surface area contributed by atoms with E-state index >= 15 is 0 Å². The fourth-order valence-electron chi connectivity index (χ4n) is 4.12. The number of nitrogens with zero attached hydrogens (tertiary/aromatic N) is 2. The Kier molecular flexibility index (Phi) is 9.53. The summed E-state index contributed by atoms with van der Waals surface area (Å²) in [4.78, 5) is 4.61. The Morgan fingerprint density at radius 2 is 1.56 bits per heavy atom. The number of unbranched alkanes of at least 4 members (excludes halogenated alkanes) is 1. The molecule has 206 valence electrons. The number of alkyl halides is 3. The van der Waals surface area contributed by atoms with Gasteiger partial charge in [-0.1, -0.05) is 91.8 Å². The summed E-state index contributed by atoms with van der Waals surface area (Å²) in [6.45, 7) is 3.03. The van der Waals surface area contributed by atoms with Crippen LogP contribution >= 0.6 is 11.8 Å². The van der Waals surface area contributed by atoms with Crippen molar-refractivity contribution in [2.24, 2.45) is 0 Å². The summed E-state index contributed by atoms with van der Waals surface area (Å²) < 4.78 is 68.8. The first-order valence-electron chi connectivity index (χ1n) is 12.7. The predicted molar refractivity (Wildman–Crippen MR) is 150 cm³/mol. The second-order valence-corrected chi connectivity index (χ2v) is 11.8. The molecule has 0 aliphatic rings. The number of thioether (sulfide) groups is 1. The topological polar surface area (TPSA) is 64.0 Å². The number of sulfonamides is 1. The summed E-state index contributed by atoms with van der Waals surface area (Å²) in [6.07, 6.45) is -2.13. The van der Waals surface area contributed by atoms with E-state index in [1.54, 1.807) is 11.8 Å². The average molecular weight is 574 g/mol. The molecule has 1 aromatic heterocycles. The number of benzene rings is 3. The predicted octanol–water partition coefficient (Wildman–Crippen LogP) is 7.50. The molecular weight excluding hydrogens is 543 g/mol. The highest BCUT2D eigenvalue weighted by molar-refractivity contribution is 7.99. The number of imidazole rings is 1. The van der Waals surface area contributed by atoms with Crippen LogP contribution in [-0.4, -0.2) is 30.3 Å². The molecule has 4 aromatic rings. The fourth-order valence-corrected chi connectivity index (χ4v) is 6.20. The largest absolute Gasteiger partial charge is 0.416 e. The van der Waals surface area contributed by atoms with Crippen LogP contribution in [0.15, 0.2) is 95.0 Å². The molecule has 0 unspecified atom stereocenters. The quantitative estimate of drug-likeness (QED) is 0.141. The minimum Gasteiger partial charge on any atom is -0.318 e. The van der Waals surface area contributed by atoms with Gasteiger partial charge >= 0.3 is 6.18 Å². The summed E-state index contributed by atoms with van der Waals surface area (Å²) in [5.74, 6) is 0.580. The summed E-state index contributed by atoms with van der Waals surface area (Å²) >= 11 is 1.54. The van der Waals surface area contributed by atoms with Crippen LogP contribution in [0.3, 0.4) is 0 Å². The number of hydrogen-bond acceptors (Lipinski definition) is 4. The highest BCUT2D eigenvalue weighted by Gasteiger charge is 2.31. The van der Waals surface area contributed by atoms with Crippen LogP contribution in [-0.2, 0) is 22.7 Å². The minimum atomic E-state index is -4.61. The van der Waals surface area contributed by atoms with Crippen LogP contribution in [0, 0.1) is 0 Å². The van der Waals surface area contributed by atoms with Gasteiger partial charge in [0.2, 0.25) is 10.0 Å². The SMILES string of the molecule is CCCCn1c(SCCCNS(=O)(=O)c2cccc(C(F)(F)F)c2)nc(-c2ccccc2)c1-c1ccccc1. The molecule has 0 bridgehead atoms. The fraction of sp³-hybridized carbons (Fsp3) is 0.276. The van der Waals surface area contributed by atoms with Gasteiger partial charge in [0, 0.05) is 30.0 Å². The smallest absolute Gasteiger partial charge is 0.318 e. The second-order valence-electron chi connectivity index (χ2n) is 8.95. The van der Waals surface area contributed by atoms with E-state index in [1.807, 2.05) is 48.5 Å². The van der Waals surface area contributed by atoms with Gasteiger partial charge in [0.15, 0.2) is 5.16 Å². The Hall–Kier alpha value is -3.08. The molecule has 1 heterocycles. The monoisotopic (exact) mass is 573 g/mol. The number of nitrogens with one attached hydrogen (secondary N) is 1. The van der Waals surface area contributed by atoms with Gasteiger partial charge in [-0.3, -0.25) is 0 Å². The molecule has 10 heteroatoms. The number of aromatic nitrogens is 2. The molecule has 4 rings (SSSR count). The lowest BCUT2D eigenvalue weighted by molar-refractivity contribution is -0.137. The molecule has 0 spiro atoms. The van der Waals surface area contributed by atoms with Gasteiger partial charge < -0.3 is 4.57 Å². The Morgan fingerprint density at radius 1 is 0.897 bits per heavy atom. The zero-order valence-electron chi connectivity index (χ0n) is 21.5. The highest BCUT2D eigenvalue weighted by atomic mass is 32.2. The van der Waals surface area contributed by atoms with Crippen molar-refractivity contribution in [3.05, 3.63) is 90.5 Å². The lowest BCUT2D eigenvalue weighted by Crippen LogP contribution is -2.25. The maximum Gasteiger partial charge on any atom is 0.416 e. The molecule has 0 fully saturated rings. The molecule has 0 amide bonds. The summed E-state index contributed by atoms with van der Waals surface area (Å²) in [5, 5.41) is 0.849. The number of hydrogen-bond donors (Lipinski definition) is 1. The van der Waals surface area contributed by atoms with E-state index in [-0.39, 0.29) is 6.54 Å². The third-order valence-corrected chi connectivity index (χ3v) is 8.60. The molecular formula is C29H30F3N3O2S2. The lowest BCUT2D eigenvalue weighted by Gasteiger charge is -2.13.